The molecule has 3 saturated heterocycles. The van der Waals surface area contributed by atoms with Crippen molar-refractivity contribution in [1.82, 2.24) is 14.8 Å². The molecule has 4 heteroatoms. The summed E-state index contributed by atoms with van der Waals surface area (Å²) in [7, 11) is 0. The van der Waals surface area contributed by atoms with Gasteiger partial charge in [0.15, 0.2) is 0 Å². The van der Waals surface area contributed by atoms with Crippen molar-refractivity contribution in [1.29, 1.82) is 0 Å². The molecule has 3 fully saturated rings. The van der Waals surface area contributed by atoms with Gasteiger partial charge < -0.3 is 5.11 Å². The molecular weight excluding hydrogens is 250 g/mol. The first-order chi connectivity index (χ1) is 9.81. The topological polar surface area (TPSA) is 39.6 Å². The Morgan fingerprint density at radius 1 is 1.15 bits per heavy atom. The number of hydrogen-bond acceptors (Lipinski definition) is 4. The van der Waals surface area contributed by atoms with E-state index in [4.69, 9.17) is 0 Å². The third-order valence-corrected chi connectivity index (χ3v) is 4.66. The van der Waals surface area contributed by atoms with Crippen molar-refractivity contribution in [2.45, 2.75) is 12.1 Å². The summed E-state index contributed by atoms with van der Waals surface area (Å²) in [6.45, 7) is 5.41. The first-order valence-corrected chi connectivity index (χ1v) is 7.30. The van der Waals surface area contributed by atoms with Crippen LogP contribution < -0.4 is 0 Å². The minimum Gasteiger partial charge on any atom is -0.387 e. The van der Waals surface area contributed by atoms with Crippen molar-refractivity contribution in [2.24, 2.45) is 0 Å². The number of fused-ring (bicyclic) bond motifs is 4. The number of benzene rings is 1. The summed E-state index contributed by atoms with van der Waals surface area (Å²) in [5, 5.41) is 11.9. The molecule has 2 bridgehead atoms. The molecule has 1 N–H and O–H groups in total. The Bertz CT molecular complexity index is 622. The molecule has 3 aliphatic heterocycles. The highest BCUT2D eigenvalue weighted by atomic mass is 16.3. The molecule has 0 amide bonds. The fraction of sp³-hybridized carbons (Fsp3) is 0.438. The molecule has 3 aliphatic rings. The van der Waals surface area contributed by atoms with Crippen LogP contribution in [0.3, 0.4) is 0 Å². The first kappa shape index (κ1) is 12.3. The van der Waals surface area contributed by atoms with Crippen LogP contribution in [0.2, 0.25) is 0 Å². The molecular formula is C16H19N3O. The standard InChI is InChI=1S/C16H19N3O/c20-16(15-11-18-6-8-19(15)9-7-18)13-4-3-12-2-1-5-17-14(12)10-13/h1-5,10,15-16,20H,6-9,11H2. The summed E-state index contributed by atoms with van der Waals surface area (Å²) in [6.07, 6.45) is 1.38. The lowest BCUT2D eigenvalue weighted by atomic mass is 9.96. The summed E-state index contributed by atoms with van der Waals surface area (Å²) < 4.78 is 0. The van der Waals surface area contributed by atoms with Crippen LogP contribution >= 0.6 is 0 Å². The average molecular weight is 269 g/mol. The number of nitrogens with zero attached hydrogens (tertiary/aromatic N) is 3. The predicted molar refractivity (Wildman–Crippen MR) is 78.5 cm³/mol. The third kappa shape index (κ3) is 2.00. The Hall–Kier alpha value is -1.49. The van der Waals surface area contributed by atoms with Gasteiger partial charge in [0.1, 0.15) is 0 Å². The quantitative estimate of drug-likeness (QED) is 0.891. The van der Waals surface area contributed by atoms with Gasteiger partial charge in [-0.15, -0.1) is 0 Å². The minimum atomic E-state index is -0.426. The van der Waals surface area contributed by atoms with E-state index >= 15 is 0 Å². The van der Waals surface area contributed by atoms with Gasteiger partial charge in [-0.3, -0.25) is 14.8 Å². The number of aromatic nitrogens is 1. The van der Waals surface area contributed by atoms with Crippen LogP contribution in [0.5, 0.6) is 0 Å². The van der Waals surface area contributed by atoms with Crippen molar-refractivity contribution >= 4 is 10.9 Å². The van der Waals surface area contributed by atoms with Gasteiger partial charge in [-0.25, -0.2) is 0 Å². The van der Waals surface area contributed by atoms with Gasteiger partial charge >= 0.3 is 0 Å². The molecule has 104 valence electrons. The second-order valence-corrected chi connectivity index (χ2v) is 5.80. The van der Waals surface area contributed by atoms with Gasteiger partial charge in [-0.05, 0) is 17.7 Å². The van der Waals surface area contributed by atoms with Gasteiger partial charge in [-0.2, -0.15) is 0 Å². The summed E-state index contributed by atoms with van der Waals surface area (Å²) in [5.41, 5.74) is 1.94. The molecule has 2 aromatic rings. The Kier molecular flexibility index (Phi) is 2.95. The lowest BCUT2D eigenvalue weighted by Gasteiger charge is -2.49. The number of hydrogen-bond donors (Lipinski definition) is 1. The van der Waals surface area contributed by atoms with E-state index in [0.29, 0.717) is 0 Å². The smallest absolute Gasteiger partial charge is 0.0958 e. The average Bonchev–Trinajstić information content (AvgIpc) is 2.54. The van der Waals surface area contributed by atoms with Crippen molar-refractivity contribution in [2.75, 3.05) is 32.7 Å². The normalized spacial score (nSPS) is 30.6. The molecule has 0 saturated carbocycles. The van der Waals surface area contributed by atoms with Gasteiger partial charge in [0.2, 0.25) is 0 Å². The van der Waals surface area contributed by atoms with E-state index in [1.807, 2.05) is 18.2 Å². The second kappa shape index (κ2) is 4.81. The monoisotopic (exact) mass is 269 g/mol. The van der Waals surface area contributed by atoms with Crippen LogP contribution in [0.25, 0.3) is 10.9 Å². The van der Waals surface area contributed by atoms with Crippen LogP contribution in [-0.4, -0.2) is 58.7 Å². The number of aliphatic hydroxyl groups excluding tert-OH is 1. The summed E-state index contributed by atoms with van der Waals surface area (Å²) in [4.78, 5) is 9.26. The van der Waals surface area contributed by atoms with Gasteiger partial charge in [0.25, 0.3) is 0 Å². The molecule has 2 unspecified atom stereocenters. The van der Waals surface area contributed by atoms with Crippen LogP contribution in [0.15, 0.2) is 36.5 Å². The fourth-order valence-corrected chi connectivity index (χ4v) is 3.45. The minimum absolute atomic E-state index is 0.221. The summed E-state index contributed by atoms with van der Waals surface area (Å²) in [5.74, 6) is 0. The molecule has 4 heterocycles. The van der Waals surface area contributed by atoms with Crippen LogP contribution in [0.1, 0.15) is 11.7 Å². The molecule has 0 aliphatic carbocycles. The van der Waals surface area contributed by atoms with E-state index in [-0.39, 0.29) is 6.04 Å². The molecule has 5 rings (SSSR count). The number of pyridine rings is 1. The molecule has 1 aromatic carbocycles. The first-order valence-electron chi connectivity index (χ1n) is 7.30. The van der Waals surface area contributed by atoms with Gasteiger partial charge in [0.05, 0.1) is 17.7 Å². The molecule has 0 radical (unpaired) electrons. The number of rotatable bonds is 2. The van der Waals surface area contributed by atoms with E-state index in [1.165, 1.54) is 0 Å². The van der Waals surface area contributed by atoms with Gasteiger partial charge in [0, 0.05) is 44.3 Å². The number of aliphatic hydroxyl groups is 1. The molecule has 4 nitrogen and oxygen atoms in total. The lowest BCUT2D eigenvalue weighted by Crippen LogP contribution is -2.62. The Morgan fingerprint density at radius 3 is 2.75 bits per heavy atom. The highest BCUT2D eigenvalue weighted by Gasteiger charge is 2.36. The van der Waals surface area contributed by atoms with Crippen molar-refractivity contribution in [3.05, 3.63) is 42.1 Å². The highest BCUT2D eigenvalue weighted by Crippen LogP contribution is 2.28. The number of piperazine rings is 3. The Labute approximate surface area is 118 Å². The second-order valence-electron chi connectivity index (χ2n) is 5.80. The van der Waals surface area contributed by atoms with Crippen LogP contribution in [-0.2, 0) is 0 Å². The van der Waals surface area contributed by atoms with E-state index in [0.717, 1.165) is 49.2 Å². The molecule has 1 aromatic heterocycles. The van der Waals surface area contributed by atoms with E-state index < -0.39 is 6.10 Å². The fourth-order valence-electron chi connectivity index (χ4n) is 3.45. The van der Waals surface area contributed by atoms with E-state index in [2.05, 4.69) is 26.9 Å². The summed E-state index contributed by atoms with van der Waals surface area (Å²) >= 11 is 0. The van der Waals surface area contributed by atoms with Crippen LogP contribution in [0, 0.1) is 0 Å². The highest BCUT2D eigenvalue weighted by molar-refractivity contribution is 5.78. The Morgan fingerprint density at radius 2 is 2.00 bits per heavy atom. The zero-order chi connectivity index (χ0) is 13.5. The van der Waals surface area contributed by atoms with Crippen molar-refractivity contribution in [3.63, 3.8) is 0 Å². The van der Waals surface area contributed by atoms with E-state index in [1.54, 1.807) is 6.20 Å². The largest absolute Gasteiger partial charge is 0.387 e. The lowest BCUT2D eigenvalue weighted by molar-refractivity contribution is -0.0470. The third-order valence-electron chi connectivity index (χ3n) is 4.66. The zero-order valence-corrected chi connectivity index (χ0v) is 11.4. The van der Waals surface area contributed by atoms with Crippen molar-refractivity contribution in [3.8, 4) is 0 Å². The van der Waals surface area contributed by atoms with E-state index in [9.17, 15) is 5.11 Å². The molecule has 0 spiro atoms. The maximum absolute atomic E-state index is 10.7. The van der Waals surface area contributed by atoms with Gasteiger partial charge in [-0.1, -0.05) is 18.2 Å². The SMILES string of the molecule is OC(c1ccc2cccnc2c1)C1CN2CCN1CC2. The zero-order valence-electron chi connectivity index (χ0n) is 11.4. The maximum atomic E-state index is 10.7. The summed E-state index contributed by atoms with van der Waals surface area (Å²) in [6, 6.07) is 10.3. The van der Waals surface area contributed by atoms with Crippen LogP contribution in [0.4, 0.5) is 0 Å². The molecule has 20 heavy (non-hydrogen) atoms. The maximum Gasteiger partial charge on any atom is 0.0958 e. The molecule has 2 atom stereocenters. The van der Waals surface area contributed by atoms with Crippen molar-refractivity contribution < 1.29 is 5.11 Å². The predicted octanol–water partition coefficient (Wildman–Crippen LogP) is 1.27. The Balaban J connectivity index is 1.64.